The van der Waals surface area contributed by atoms with Crippen LogP contribution in [0.1, 0.15) is 35.8 Å². The highest BCUT2D eigenvalue weighted by molar-refractivity contribution is 5.88. The second kappa shape index (κ2) is 5.65. The Morgan fingerprint density at radius 1 is 1.38 bits per heavy atom. The maximum atomic E-state index is 13.7. The van der Waals surface area contributed by atoms with Crippen LogP contribution in [0.3, 0.4) is 0 Å². The average molecular weight is 290 g/mol. The van der Waals surface area contributed by atoms with Gasteiger partial charge in [-0.3, -0.25) is 0 Å². The van der Waals surface area contributed by atoms with Gasteiger partial charge in [0.25, 0.3) is 0 Å². The molecule has 2 aromatic rings. The maximum Gasteiger partial charge on any atom is 0.338 e. The van der Waals surface area contributed by atoms with Gasteiger partial charge in [0.2, 0.25) is 0 Å². The Balaban J connectivity index is 1.85. The van der Waals surface area contributed by atoms with Crippen LogP contribution in [0, 0.1) is 5.82 Å². The van der Waals surface area contributed by atoms with Crippen LogP contribution in [-0.4, -0.2) is 27.5 Å². The Labute approximate surface area is 121 Å². The first-order valence-corrected chi connectivity index (χ1v) is 6.84. The van der Waals surface area contributed by atoms with Crippen LogP contribution < -0.4 is 0 Å². The van der Waals surface area contributed by atoms with E-state index in [1.165, 1.54) is 12.1 Å². The molecular weight excluding hydrogens is 275 g/mol. The molecule has 0 bridgehead atoms. The van der Waals surface area contributed by atoms with E-state index in [9.17, 15) is 9.18 Å². The summed E-state index contributed by atoms with van der Waals surface area (Å²) < 4.78 is 21.1. The highest BCUT2D eigenvalue weighted by Gasteiger charge is 2.17. The van der Waals surface area contributed by atoms with Crippen LogP contribution in [0.2, 0.25) is 0 Å². The van der Waals surface area contributed by atoms with E-state index in [-0.39, 0.29) is 11.8 Å². The minimum absolute atomic E-state index is 0.0735. The molecular formula is C15H15FN2O3. The molecule has 1 atom stereocenters. The van der Waals surface area contributed by atoms with E-state index >= 15 is 0 Å². The fourth-order valence-corrected chi connectivity index (χ4v) is 2.45. The highest BCUT2D eigenvalue weighted by atomic mass is 19.1. The van der Waals surface area contributed by atoms with Gasteiger partial charge in [-0.1, -0.05) is 6.07 Å². The summed E-state index contributed by atoms with van der Waals surface area (Å²) in [5.74, 6) is -2.02. The fourth-order valence-electron chi connectivity index (χ4n) is 2.45. The summed E-state index contributed by atoms with van der Waals surface area (Å²) in [5.41, 5.74) is 1.00. The Hall–Kier alpha value is -2.21. The average Bonchev–Trinajstić information content (AvgIpc) is 2.97. The third kappa shape index (κ3) is 2.80. The van der Waals surface area contributed by atoms with Crippen molar-refractivity contribution in [2.45, 2.75) is 25.5 Å². The molecule has 0 aliphatic carbocycles. The van der Waals surface area contributed by atoms with Gasteiger partial charge >= 0.3 is 5.97 Å². The molecule has 110 valence electrons. The molecule has 1 aromatic heterocycles. The van der Waals surface area contributed by atoms with E-state index in [1.54, 1.807) is 23.1 Å². The van der Waals surface area contributed by atoms with Crippen LogP contribution in [0.25, 0.3) is 11.1 Å². The number of aromatic carboxylic acids is 1. The first-order chi connectivity index (χ1) is 10.1. The summed E-state index contributed by atoms with van der Waals surface area (Å²) >= 11 is 0. The molecule has 1 fully saturated rings. The monoisotopic (exact) mass is 290 g/mol. The van der Waals surface area contributed by atoms with Gasteiger partial charge in [0, 0.05) is 18.4 Å². The summed E-state index contributed by atoms with van der Waals surface area (Å²) in [7, 11) is 0. The lowest BCUT2D eigenvalue weighted by molar-refractivity contribution is -0.0394. The van der Waals surface area contributed by atoms with E-state index < -0.39 is 11.8 Å². The van der Waals surface area contributed by atoms with E-state index in [2.05, 4.69) is 5.10 Å². The Bertz CT molecular complexity index is 663. The van der Waals surface area contributed by atoms with Crippen molar-refractivity contribution in [3.8, 4) is 11.1 Å². The first-order valence-electron chi connectivity index (χ1n) is 6.84. The molecule has 1 saturated heterocycles. The fraction of sp³-hybridized carbons (Fsp3) is 0.333. The van der Waals surface area contributed by atoms with Crippen LogP contribution in [0.4, 0.5) is 4.39 Å². The summed E-state index contributed by atoms with van der Waals surface area (Å²) in [4.78, 5) is 10.8. The van der Waals surface area contributed by atoms with Gasteiger partial charge in [-0.2, -0.15) is 5.10 Å². The normalized spacial score (nSPS) is 18.6. The number of halogens is 1. The van der Waals surface area contributed by atoms with E-state index in [0.717, 1.165) is 31.4 Å². The van der Waals surface area contributed by atoms with Gasteiger partial charge in [0.15, 0.2) is 0 Å². The van der Waals surface area contributed by atoms with Gasteiger partial charge in [0.05, 0.1) is 11.8 Å². The smallest absolute Gasteiger partial charge is 0.338 e. The van der Waals surface area contributed by atoms with Crippen molar-refractivity contribution in [2.75, 3.05) is 6.61 Å². The van der Waals surface area contributed by atoms with Crippen molar-refractivity contribution in [3.63, 3.8) is 0 Å². The Morgan fingerprint density at radius 3 is 2.90 bits per heavy atom. The summed E-state index contributed by atoms with van der Waals surface area (Å²) in [6.07, 6.45) is 6.43. The summed E-state index contributed by atoms with van der Waals surface area (Å²) in [6.45, 7) is 0.724. The Morgan fingerprint density at radius 2 is 2.24 bits per heavy atom. The number of aromatic nitrogens is 2. The van der Waals surface area contributed by atoms with Crippen LogP contribution in [0.5, 0.6) is 0 Å². The number of hydrogen-bond acceptors (Lipinski definition) is 3. The second-order valence-electron chi connectivity index (χ2n) is 5.03. The molecule has 6 heteroatoms. The lowest BCUT2D eigenvalue weighted by atomic mass is 10.1. The van der Waals surface area contributed by atoms with Crippen LogP contribution in [0.15, 0.2) is 30.6 Å². The molecule has 21 heavy (non-hydrogen) atoms. The number of carbonyl (C=O) groups is 1. The van der Waals surface area contributed by atoms with Crippen LogP contribution >= 0.6 is 0 Å². The third-order valence-corrected chi connectivity index (χ3v) is 3.59. The van der Waals surface area contributed by atoms with Gasteiger partial charge < -0.3 is 9.84 Å². The van der Waals surface area contributed by atoms with E-state index in [0.29, 0.717) is 5.56 Å². The number of ether oxygens (including phenoxy) is 1. The zero-order valence-electron chi connectivity index (χ0n) is 11.3. The van der Waals surface area contributed by atoms with Crippen molar-refractivity contribution >= 4 is 5.97 Å². The molecule has 1 N–H and O–H groups in total. The summed E-state index contributed by atoms with van der Waals surface area (Å²) in [5, 5.41) is 13.1. The molecule has 0 amide bonds. The highest BCUT2D eigenvalue weighted by Crippen LogP contribution is 2.26. The predicted octanol–water partition coefficient (Wildman–Crippen LogP) is 3.09. The summed E-state index contributed by atoms with van der Waals surface area (Å²) in [6, 6.07) is 4.06. The molecule has 0 spiro atoms. The largest absolute Gasteiger partial charge is 0.478 e. The van der Waals surface area contributed by atoms with Crippen molar-refractivity contribution in [3.05, 3.63) is 42.0 Å². The van der Waals surface area contributed by atoms with Crippen LogP contribution in [-0.2, 0) is 4.74 Å². The molecule has 1 aliphatic rings. The molecule has 0 radical (unpaired) electrons. The number of benzene rings is 1. The number of carboxylic acid groups (broad SMARTS) is 1. The van der Waals surface area contributed by atoms with E-state index in [1.807, 2.05) is 0 Å². The minimum atomic E-state index is -1.27. The van der Waals surface area contributed by atoms with Crippen molar-refractivity contribution in [2.24, 2.45) is 0 Å². The molecule has 3 rings (SSSR count). The molecule has 1 aliphatic heterocycles. The molecule has 2 heterocycles. The quantitative estimate of drug-likeness (QED) is 0.943. The lowest BCUT2D eigenvalue weighted by Crippen LogP contribution is -2.18. The lowest BCUT2D eigenvalue weighted by Gasteiger charge is -2.22. The van der Waals surface area contributed by atoms with Gasteiger partial charge in [-0.25, -0.2) is 13.9 Å². The standard InChI is InChI=1S/C15H15FN2O3/c16-13-7-10(4-5-12(13)15(19)20)11-8-17-18(9-11)14-3-1-2-6-21-14/h4-5,7-9,14H,1-3,6H2,(H,19,20). The zero-order valence-corrected chi connectivity index (χ0v) is 11.3. The molecule has 1 unspecified atom stereocenters. The van der Waals surface area contributed by atoms with Crippen molar-refractivity contribution in [1.82, 2.24) is 9.78 Å². The topological polar surface area (TPSA) is 64.3 Å². The second-order valence-corrected chi connectivity index (χ2v) is 5.03. The predicted molar refractivity (Wildman–Crippen MR) is 73.4 cm³/mol. The Kier molecular flexibility index (Phi) is 3.70. The third-order valence-electron chi connectivity index (χ3n) is 3.59. The van der Waals surface area contributed by atoms with Gasteiger partial charge in [-0.05, 0) is 37.0 Å². The van der Waals surface area contributed by atoms with Gasteiger partial charge in [-0.15, -0.1) is 0 Å². The van der Waals surface area contributed by atoms with Crippen molar-refractivity contribution in [1.29, 1.82) is 0 Å². The van der Waals surface area contributed by atoms with E-state index in [4.69, 9.17) is 9.84 Å². The zero-order chi connectivity index (χ0) is 14.8. The molecule has 5 nitrogen and oxygen atoms in total. The molecule has 0 saturated carbocycles. The molecule has 1 aromatic carbocycles. The SMILES string of the molecule is O=C(O)c1ccc(-c2cnn(C3CCCCO3)c2)cc1F. The maximum absolute atomic E-state index is 13.7. The number of carboxylic acids is 1. The minimum Gasteiger partial charge on any atom is -0.478 e. The number of nitrogens with zero attached hydrogens (tertiary/aromatic N) is 2. The first kappa shape index (κ1) is 13.8. The number of rotatable bonds is 3. The number of hydrogen-bond donors (Lipinski definition) is 1. The van der Waals surface area contributed by atoms with Crippen molar-refractivity contribution < 1.29 is 19.0 Å². The van der Waals surface area contributed by atoms with Gasteiger partial charge in [0.1, 0.15) is 12.0 Å².